The average molecular weight is 242 g/mol. The van der Waals surface area contributed by atoms with Crippen molar-refractivity contribution in [1.29, 1.82) is 0 Å². The first-order valence-corrected chi connectivity index (χ1v) is 6.85. The summed E-state index contributed by atoms with van der Waals surface area (Å²) in [6.45, 7) is 0. The third-order valence-electron chi connectivity index (χ3n) is 4.01. The van der Waals surface area contributed by atoms with Gasteiger partial charge in [-0.05, 0) is 30.9 Å². The van der Waals surface area contributed by atoms with E-state index in [9.17, 15) is 4.79 Å². The van der Waals surface area contributed by atoms with E-state index in [1.165, 1.54) is 25.7 Å². The molecule has 0 amide bonds. The Bertz CT molecular complexity index is 591. The highest BCUT2D eigenvalue weighted by Gasteiger charge is 2.15. The van der Waals surface area contributed by atoms with Crippen LogP contribution in [0.3, 0.4) is 0 Å². The smallest absolute Gasteiger partial charge is 0.339 e. The van der Waals surface area contributed by atoms with Crippen LogP contribution in [0, 0.1) is 5.92 Å². The molecule has 0 spiro atoms. The zero-order chi connectivity index (χ0) is 12.4. The maximum absolute atomic E-state index is 11.9. The van der Waals surface area contributed by atoms with Gasteiger partial charge < -0.3 is 4.42 Å². The summed E-state index contributed by atoms with van der Waals surface area (Å²) in [5, 5.41) is 1.03. The Balaban J connectivity index is 1.82. The van der Waals surface area contributed by atoms with E-state index in [1.54, 1.807) is 0 Å². The fourth-order valence-corrected chi connectivity index (χ4v) is 2.94. The highest BCUT2D eigenvalue weighted by atomic mass is 16.4. The van der Waals surface area contributed by atoms with Gasteiger partial charge in [0.1, 0.15) is 5.58 Å². The molecule has 1 aromatic carbocycles. The molecule has 0 saturated heterocycles. The summed E-state index contributed by atoms with van der Waals surface area (Å²) < 4.78 is 5.35. The molecule has 2 nitrogen and oxygen atoms in total. The number of rotatable bonds is 3. The molecule has 0 radical (unpaired) electrons. The van der Waals surface area contributed by atoms with E-state index in [-0.39, 0.29) is 5.63 Å². The zero-order valence-corrected chi connectivity index (χ0v) is 10.5. The van der Waals surface area contributed by atoms with Crippen LogP contribution < -0.4 is 5.63 Å². The van der Waals surface area contributed by atoms with Gasteiger partial charge in [-0.3, -0.25) is 0 Å². The average Bonchev–Trinajstić information content (AvgIpc) is 2.89. The summed E-state index contributed by atoms with van der Waals surface area (Å²) in [4.78, 5) is 11.9. The number of para-hydroxylation sites is 1. The van der Waals surface area contributed by atoms with Crippen LogP contribution in [-0.4, -0.2) is 0 Å². The monoisotopic (exact) mass is 242 g/mol. The SMILES string of the molecule is O=c1oc2ccccc2cc1CCC1CCCC1. The van der Waals surface area contributed by atoms with Crippen LogP contribution in [0.2, 0.25) is 0 Å². The minimum absolute atomic E-state index is 0.160. The van der Waals surface area contributed by atoms with Crippen LogP contribution in [0.15, 0.2) is 39.5 Å². The van der Waals surface area contributed by atoms with Crippen molar-refractivity contribution in [3.63, 3.8) is 0 Å². The van der Waals surface area contributed by atoms with E-state index in [0.29, 0.717) is 5.58 Å². The topological polar surface area (TPSA) is 30.2 Å². The molecule has 2 heteroatoms. The van der Waals surface area contributed by atoms with Gasteiger partial charge in [0.05, 0.1) is 0 Å². The van der Waals surface area contributed by atoms with Gasteiger partial charge in [-0.15, -0.1) is 0 Å². The summed E-state index contributed by atoms with van der Waals surface area (Å²) >= 11 is 0. The normalized spacial score (nSPS) is 16.4. The lowest BCUT2D eigenvalue weighted by Gasteiger charge is -2.07. The highest BCUT2D eigenvalue weighted by Crippen LogP contribution is 2.28. The fraction of sp³-hybridized carbons (Fsp3) is 0.438. The van der Waals surface area contributed by atoms with Crippen molar-refractivity contribution in [2.24, 2.45) is 5.92 Å². The molecule has 1 aliphatic carbocycles. The summed E-state index contributed by atoms with van der Waals surface area (Å²) in [7, 11) is 0. The van der Waals surface area contributed by atoms with Crippen LogP contribution in [0.4, 0.5) is 0 Å². The Morgan fingerprint density at radius 1 is 1.17 bits per heavy atom. The Morgan fingerprint density at radius 2 is 1.94 bits per heavy atom. The van der Waals surface area contributed by atoms with E-state index in [0.717, 1.165) is 29.7 Å². The maximum Gasteiger partial charge on any atom is 0.339 e. The minimum Gasteiger partial charge on any atom is -0.423 e. The lowest BCUT2D eigenvalue weighted by Crippen LogP contribution is -2.08. The van der Waals surface area contributed by atoms with Crippen molar-refractivity contribution in [3.8, 4) is 0 Å². The molecule has 1 saturated carbocycles. The zero-order valence-electron chi connectivity index (χ0n) is 10.5. The van der Waals surface area contributed by atoms with Crippen LogP contribution >= 0.6 is 0 Å². The summed E-state index contributed by atoms with van der Waals surface area (Å²) in [5.74, 6) is 0.816. The second-order valence-corrected chi connectivity index (χ2v) is 5.29. The van der Waals surface area contributed by atoms with Gasteiger partial charge in [-0.1, -0.05) is 43.9 Å². The molecular formula is C16H18O2. The van der Waals surface area contributed by atoms with Crippen LogP contribution in [-0.2, 0) is 6.42 Å². The van der Waals surface area contributed by atoms with Gasteiger partial charge in [0.2, 0.25) is 0 Å². The van der Waals surface area contributed by atoms with E-state index in [1.807, 2.05) is 30.3 Å². The molecule has 0 N–H and O–H groups in total. The Hall–Kier alpha value is -1.57. The molecule has 0 aliphatic heterocycles. The first-order chi connectivity index (χ1) is 8.83. The standard InChI is InChI=1S/C16H18O2/c17-16-14(10-9-12-5-1-2-6-12)11-13-7-3-4-8-15(13)18-16/h3-4,7-8,11-12H,1-2,5-6,9-10H2. The number of hydrogen-bond acceptors (Lipinski definition) is 2. The highest BCUT2D eigenvalue weighted by molar-refractivity contribution is 5.76. The first-order valence-electron chi connectivity index (χ1n) is 6.85. The third kappa shape index (κ3) is 2.33. The minimum atomic E-state index is -0.160. The van der Waals surface area contributed by atoms with Crippen LogP contribution in [0.25, 0.3) is 11.0 Å². The predicted molar refractivity (Wildman–Crippen MR) is 72.8 cm³/mol. The molecular weight excluding hydrogens is 224 g/mol. The molecule has 2 aromatic rings. The van der Waals surface area contributed by atoms with Gasteiger partial charge in [0, 0.05) is 10.9 Å². The largest absolute Gasteiger partial charge is 0.423 e. The quantitative estimate of drug-likeness (QED) is 0.764. The first kappa shape index (κ1) is 11.5. The fourth-order valence-electron chi connectivity index (χ4n) is 2.94. The van der Waals surface area contributed by atoms with Crippen molar-refractivity contribution in [1.82, 2.24) is 0 Å². The molecule has 0 bridgehead atoms. The molecule has 1 fully saturated rings. The van der Waals surface area contributed by atoms with Gasteiger partial charge in [0.25, 0.3) is 0 Å². The Labute approximate surface area is 107 Å². The molecule has 1 aromatic heterocycles. The van der Waals surface area contributed by atoms with Gasteiger partial charge in [-0.2, -0.15) is 0 Å². The number of hydrogen-bond donors (Lipinski definition) is 0. The third-order valence-corrected chi connectivity index (χ3v) is 4.01. The number of aryl methyl sites for hydroxylation is 1. The molecule has 0 unspecified atom stereocenters. The summed E-state index contributed by atoms with van der Waals surface area (Å²) in [6.07, 6.45) is 7.37. The molecule has 94 valence electrons. The van der Waals surface area contributed by atoms with E-state index in [4.69, 9.17) is 4.42 Å². The van der Waals surface area contributed by atoms with E-state index in [2.05, 4.69) is 0 Å². The second-order valence-electron chi connectivity index (χ2n) is 5.29. The second kappa shape index (κ2) is 4.97. The lowest BCUT2D eigenvalue weighted by atomic mass is 9.98. The van der Waals surface area contributed by atoms with Gasteiger partial charge in [-0.25, -0.2) is 4.79 Å². The van der Waals surface area contributed by atoms with Crippen molar-refractivity contribution in [2.45, 2.75) is 38.5 Å². The van der Waals surface area contributed by atoms with E-state index < -0.39 is 0 Å². The lowest BCUT2D eigenvalue weighted by molar-refractivity contribution is 0.491. The van der Waals surface area contributed by atoms with Gasteiger partial charge in [0.15, 0.2) is 0 Å². The maximum atomic E-state index is 11.9. The number of fused-ring (bicyclic) bond motifs is 1. The van der Waals surface area contributed by atoms with Crippen molar-refractivity contribution >= 4 is 11.0 Å². The van der Waals surface area contributed by atoms with E-state index >= 15 is 0 Å². The Morgan fingerprint density at radius 3 is 2.78 bits per heavy atom. The summed E-state index contributed by atoms with van der Waals surface area (Å²) in [5.41, 5.74) is 1.36. The molecule has 0 atom stereocenters. The predicted octanol–water partition coefficient (Wildman–Crippen LogP) is 3.92. The van der Waals surface area contributed by atoms with Gasteiger partial charge >= 0.3 is 5.63 Å². The van der Waals surface area contributed by atoms with Crippen LogP contribution in [0.5, 0.6) is 0 Å². The molecule has 3 rings (SSSR count). The molecule has 18 heavy (non-hydrogen) atoms. The molecule has 1 aliphatic rings. The Kier molecular flexibility index (Phi) is 3.18. The van der Waals surface area contributed by atoms with Crippen molar-refractivity contribution in [2.75, 3.05) is 0 Å². The van der Waals surface area contributed by atoms with Crippen LogP contribution in [0.1, 0.15) is 37.7 Å². The number of benzene rings is 1. The summed E-state index contributed by atoms with van der Waals surface area (Å²) in [6, 6.07) is 9.71. The van der Waals surface area contributed by atoms with Crippen molar-refractivity contribution in [3.05, 3.63) is 46.3 Å². The van der Waals surface area contributed by atoms with Crippen molar-refractivity contribution < 1.29 is 4.42 Å². The molecule has 1 heterocycles.